The van der Waals surface area contributed by atoms with Crippen LogP contribution in [0.2, 0.25) is 0 Å². The number of rotatable bonds is 4. The Morgan fingerprint density at radius 2 is 1.80 bits per heavy atom. The van der Waals surface area contributed by atoms with E-state index in [1.54, 1.807) is 0 Å². The maximum absolute atomic E-state index is 6.43. The topological polar surface area (TPSA) is 41.3 Å². The van der Waals surface area contributed by atoms with Crippen LogP contribution in [0, 0.1) is 0 Å². The molecule has 0 amide bonds. The summed E-state index contributed by atoms with van der Waals surface area (Å²) < 4.78 is 7.49. The molecule has 0 unspecified atom stereocenters. The van der Waals surface area contributed by atoms with Gasteiger partial charge in [-0.3, -0.25) is 4.98 Å². The molecule has 1 N–H and O–H groups in total. The van der Waals surface area contributed by atoms with Crippen molar-refractivity contribution in [2.45, 2.75) is 50.2 Å². The lowest BCUT2D eigenvalue weighted by atomic mass is 9.92. The summed E-state index contributed by atoms with van der Waals surface area (Å²) in [6.07, 6.45) is 8.02. The molecule has 1 aliphatic heterocycles. The van der Waals surface area contributed by atoms with E-state index in [1.165, 1.54) is 32.1 Å². The van der Waals surface area contributed by atoms with Crippen molar-refractivity contribution in [1.82, 2.24) is 15.2 Å². The molecule has 2 aliphatic rings. The van der Waals surface area contributed by atoms with Gasteiger partial charge in [0.15, 0.2) is 5.11 Å². The summed E-state index contributed by atoms with van der Waals surface area (Å²) in [5.41, 5.74) is 2.06. The molecule has 1 saturated heterocycles. The summed E-state index contributed by atoms with van der Waals surface area (Å²) in [6.45, 7) is 0. The van der Waals surface area contributed by atoms with Crippen molar-refractivity contribution >= 4 is 33.3 Å². The van der Waals surface area contributed by atoms with E-state index in [1.807, 2.05) is 30.5 Å². The van der Waals surface area contributed by atoms with E-state index in [0.29, 0.717) is 6.04 Å². The van der Waals surface area contributed by atoms with Crippen LogP contribution in [-0.4, -0.2) is 21.0 Å². The van der Waals surface area contributed by atoms with Crippen molar-refractivity contribution in [2.24, 2.45) is 0 Å². The predicted octanol–water partition coefficient (Wildman–Crippen LogP) is 6.41. The zero-order chi connectivity index (χ0) is 20.5. The fourth-order valence-corrected chi connectivity index (χ4v) is 5.36. The van der Waals surface area contributed by atoms with Crippen LogP contribution in [0.5, 0.6) is 0 Å². The smallest absolute Gasteiger partial charge is 0.170 e. The van der Waals surface area contributed by atoms with Gasteiger partial charge in [0.25, 0.3) is 0 Å². The van der Waals surface area contributed by atoms with E-state index in [4.69, 9.17) is 16.6 Å². The Morgan fingerprint density at radius 1 is 1.00 bits per heavy atom. The minimum atomic E-state index is -0.0236. The molecule has 1 saturated carbocycles. The molecule has 0 bridgehead atoms. The molecule has 2 atom stereocenters. The Morgan fingerprint density at radius 3 is 2.53 bits per heavy atom. The molecular weight excluding hydrogens is 458 g/mol. The largest absolute Gasteiger partial charge is 0.459 e. The summed E-state index contributed by atoms with van der Waals surface area (Å²) in [5.74, 6) is 1.81. The molecule has 1 aromatic carbocycles. The van der Waals surface area contributed by atoms with Crippen molar-refractivity contribution in [2.75, 3.05) is 0 Å². The van der Waals surface area contributed by atoms with Crippen LogP contribution in [-0.2, 0) is 0 Å². The fourth-order valence-electron chi connectivity index (χ4n) is 4.70. The van der Waals surface area contributed by atoms with Gasteiger partial charge in [-0.25, -0.2) is 0 Å². The molecule has 6 heteroatoms. The number of pyridine rings is 1. The van der Waals surface area contributed by atoms with Crippen LogP contribution < -0.4 is 5.32 Å². The van der Waals surface area contributed by atoms with E-state index in [9.17, 15) is 0 Å². The number of nitrogens with zero attached hydrogens (tertiary/aromatic N) is 2. The summed E-state index contributed by atoms with van der Waals surface area (Å²) in [7, 11) is 0. The number of halogens is 1. The zero-order valence-corrected chi connectivity index (χ0v) is 19.0. The number of hydrogen-bond acceptors (Lipinski definition) is 3. The summed E-state index contributed by atoms with van der Waals surface area (Å²) in [5, 5.41) is 4.36. The standard InChI is InChI=1S/C24H24BrN3OS/c25-17-11-9-16(10-12-17)20-13-14-21(29-20)23-22(19-8-4-5-15-26-19)27-24(30)28(23)18-6-2-1-3-7-18/h4-5,8-15,18,22-23H,1-3,6-7H2,(H,27,30)/t22-,23+/m0/s1. The van der Waals surface area contributed by atoms with Crippen molar-refractivity contribution in [3.8, 4) is 11.3 Å². The Labute approximate surface area is 190 Å². The maximum atomic E-state index is 6.43. The molecule has 30 heavy (non-hydrogen) atoms. The molecule has 3 heterocycles. The average molecular weight is 482 g/mol. The van der Waals surface area contributed by atoms with Gasteiger partial charge in [-0.2, -0.15) is 0 Å². The quantitative estimate of drug-likeness (QED) is 0.436. The van der Waals surface area contributed by atoms with Gasteiger partial charge in [0.1, 0.15) is 17.6 Å². The molecule has 0 radical (unpaired) electrons. The molecule has 1 aliphatic carbocycles. The summed E-state index contributed by atoms with van der Waals surface area (Å²) in [6, 6.07) is 18.8. The molecule has 2 aromatic heterocycles. The Balaban J connectivity index is 1.53. The van der Waals surface area contributed by atoms with Crippen molar-refractivity contribution in [1.29, 1.82) is 0 Å². The Bertz CT molecular complexity index is 1010. The number of thiocarbonyl (C=S) groups is 1. The molecule has 5 rings (SSSR count). The SMILES string of the molecule is S=C1N[C@@H](c2ccccn2)[C@@H](c2ccc(-c3ccc(Br)cc3)o2)N1C1CCCCC1. The third kappa shape index (κ3) is 3.79. The zero-order valence-electron chi connectivity index (χ0n) is 16.6. The van der Waals surface area contributed by atoms with Gasteiger partial charge >= 0.3 is 0 Å². The summed E-state index contributed by atoms with van der Waals surface area (Å²) in [4.78, 5) is 7.02. The third-order valence-electron chi connectivity index (χ3n) is 6.15. The number of aromatic nitrogens is 1. The number of hydrogen-bond donors (Lipinski definition) is 1. The third-order valence-corrected chi connectivity index (χ3v) is 7.01. The second-order valence-electron chi connectivity index (χ2n) is 8.03. The monoisotopic (exact) mass is 481 g/mol. The van der Waals surface area contributed by atoms with Crippen molar-refractivity contribution in [3.63, 3.8) is 0 Å². The Kier molecular flexibility index (Phi) is 5.61. The Hall–Kier alpha value is -2.18. The maximum Gasteiger partial charge on any atom is 0.170 e. The van der Waals surface area contributed by atoms with E-state index >= 15 is 0 Å². The van der Waals surface area contributed by atoms with Crippen LogP contribution in [0.1, 0.15) is 55.6 Å². The minimum absolute atomic E-state index is 0.000279. The first-order valence-corrected chi connectivity index (χ1v) is 11.8. The number of furan rings is 1. The van der Waals surface area contributed by atoms with E-state index < -0.39 is 0 Å². The first-order valence-electron chi connectivity index (χ1n) is 10.6. The van der Waals surface area contributed by atoms with E-state index in [-0.39, 0.29) is 12.1 Å². The van der Waals surface area contributed by atoms with Gasteiger partial charge in [-0.15, -0.1) is 0 Å². The second-order valence-corrected chi connectivity index (χ2v) is 9.34. The fraction of sp³-hybridized carbons (Fsp3) is 0.333. The van der Waals surface area contributed by atoms with Crippen LogP contribution in [0.25, 0.3) is 11.3 Å². The first kappa shape index (κ1) is 19.8. The molecular formula is C24H24BrN3OS. The highest BCUT2D eigenvalue weighted by Gasteiger charge is 2.44. The second kappa shape index (κ2) is 8.52. The van der Waals surface area contributed by atoms with Gasteiger partial charge in [0, 0.05) is 22.3 Å². The van der Waals surface area contributed by atoms with Crippen LogP contribution in [0.15, 0.2) is 69.7 Å². The normalized spacial score (nSPS) is 22.3. The van der Waals surface area contributed by atoms with E-state index in [2.05, 4.69) is 61.5 Å². The van der Waals surface area contributed by atoms with Crippen molar-refractivity contribution in [3.05, 3.63) is 76.7 Å². The van der Waals surface area contributed by atoms with Gasteiger partial charge in [0.05, 0.1) is 11.7 Å². The van der Waals surface area contributed by atoms with E-state index in [0.717, 1.165) is 32.4 Å². The van der Waals surface area contributed by atoms with Crippen molar-refractivity contribution < 1.29 is 4.42 Å². The molecule has 4 nitrogen and oxygen atoms in total. The van der Waals surface area contributed by atoms with Crippen LogP contribution >= 0.6 is 28.1 Å². The number of nitrogens with one attached hydrogen (secondary N) is 1. The van der Waals surface area contributed by atoms with Crippen LogP contribution in [0.3, 0.4) is 0 Å². The minimum Gasteiger partial charge on any atom is -0.459 e. The lowest BCUT2D eigenvalue weighted by molar-refractivity contribution is 0.179. The van der Waals surface area contributed by atoms with Crippen LogP contribution in [0.4, 0.5) is 0 Å². The van der Waals surface area contributed by atoms with Gasteiger partial charge in [-0.05, 0) is 61.5 Å². The highest BCUT2D eigenvalue weighted by molar-refractivity contribution is 9.10. The lowest BCUT2D eigenvalue weighted by Crippen LogP contribution is -2.40. The van der Waals surface area contributed by atoms with Gasteiger partial charge in [0.2, 0.25) is 0 Å². The predicted molar refractivity (Wildman–Crippen MR) is 126 cm³/mol. The highest BCUT2D eigenvalue weighted by atomic mass is 79.9. The summed E-state index contributed by atoms with van der Waals surface area (Å²) >= 11 is 9.33. The van der Waals surface area contributed by atoms with Gasteiger partial charge < -0.3 is 14.6 Å². The average Bonchev–Trinajstić information content (AvgIpc) is 3.40. The number of benzene rings is 1. The van der Waals surface area contributed by atoms with Gasteiger partial charge in [-0.1, -0.05) is 53.4 Å². The molecule has 2 fully saturated rings. The molecule has 154 valence electrons. The lowest BCUT2D eigenvalue weighted by Gasteiger charge is -2.36. The molecule has 0 spiro atoms. The first-order chi connectivity index (χ1) is 14.7. The molecule has 3 aromatic rings. The highest BCUT2D eigenvalue weighted by Crippen LogP contribution is 2.43.